The van der Waals surface area contributed by atoms with Gasteiger partial charge in [-0.05, 0) is 36.1 Å². The van der Waals surface area contributed by atoms with E-state index in [1.807, 2.05) is 61.5 Å². The fourth-order valence-electron chi connectivity index (χ4n) is 3.22. The molecule has 3 rings (SSSR count). The third-order valence-electron chi connectivity index (χ3n) is 4.83. The summed E-state index contributed by atoms with van der Waals surface area (Å²) in [5, 5.41) is 6.35. The minimum atomic E-state index is -0.0682. The maximum absolute atomic E-state index is 12.4. The average Bonchev–Trinajstić information content (AvgIpc) is 3.26. The lowest BCUT2D eigenvalue weighted by Crippen LogP contribution is -2.36. The van der Waals surface area contributed by atoms with Crippen LogP contribution in [-0.2, 0) is 17.8 Å². The highest BCUT2D eigenvalue weighted by atomic mass is 16.5. The summed E-state index contributed by atoms with van der Waals surface area (Å²) in [7, 11) is 3.93. The Bertz CT molecular complexity index is 815. The van der Waals surface area contributed by atoms with Gasteiger partial charge in [-0.3, -0.25) is 4.79 Å². The molecule has 2 aromatic carbocycles. The molecule has 2 aromatic rings. The first kappa shape index (κ1) is 20.9. The molecule has 154 valence electrons. The van der Waals surface area contributed by atoms with Gasteiger partial charge in [-0.1, -0.05) is 42.5 Å². The van der Waals surface area contributed by atoms with Crippen molar-refractivity contribution in [1.82, 2.24) is 15.5 Å². The van der Waals surface area contributed by atoms with Gasteiger partial charge in [0.15, 0.2) is 5.96 Å². The molecule has 0 aromatic heterocycles. The zero-order valence-electron chi connectivity index (χ0n) is 17.2. The van der Waals surface area contributed by atoms with E-state index in [9.17, 15) is 4.79 Å². The minimum Gasteiger partial charge on any atom is -0.376 e. The monoisotopic (exact) mass is 394 g/mol. The van der Waals surface area contributed by atoms with Gasteiger partial charge < -0.3 is 20.3 Å². The predicted octanol–water partition coefficient (Wildman–Crippen LogP) is 2.80. The van der Waals surface area contributed by atoms with E-state index < -0.39 is 0 Å². The molecule has 0 aliphatic carbocycles. The van der Waals surface area contributed by atoms with Crippen molar-refractivity contribution >= 4 is 11.9 Å². The lowest BCUT2D eigenvalue weighted by molar-refractivity contribution is 0.0857. The number of nitrogens with zero attached hydrogens (tertiary/aromatic N) is 2. The molecule has 1 heterocycles. The second-order valence-corrected chi connectivity index (χ2v) is 7.42. The van der Waals surface area contributed by atoms with Crippen LogP contribution in [0.2, 0.25) is 0 Å². The van der Waals surface area contributed by atoms with Crippen LogP contribution in [0.15, 0.2) is 59.6 Å². The fraction of sp³-hybridized carbons (Fsp3) is 0.391. The Morgan fingerprint density at radius 2 is 1.90 bits per heavy atom. The molecular weight excluding hydrogens is 364 g/mol. The predicted molar refractivity (Wildman–Crippen MR) is 116 cm³/mol. The van der Waals surface area contributed by atoms with Crippen LogP contribution in [0.4, 0.5) is 0 Å². The Morgan fingerprint density at radius 1 is 1.10 bits per heavy atom. The molecule has 0 radical (unpaired) electrons. The summed E-state index contributed by atoms with van der Waals surface area (Å²) in [5.41, 5.74) is 2.85. The van der Waals surface area contributed by atoms with E-state index >= 15 is 0 Å². The molecule has 1 aliphatic rings. The van der Waals surface area contributed by atoms with Crippen LogP contribution in [0.1, 0.15) is 34.3 Å². The summed E-state index contributed by atoms with van der Waals surface area (Å²) in [4.78, 5) is 19.1. The third-order valence-corrected chi connectivity index (χ3v) is 4.83. The quantitative estimate of drug-likeness (QED) is 0.560. The molecular formula is C23H30N4O2. The lowest BCUT2D eigenvalue weighted by atomic mass is 10.1. The van der Waals surface area contributed by atoms with Crippen LogP contribution in [0.5, 0.6) is 0 Å². The van der Waals surface area contributed by atoms with Crippen molar-refractivity contribution < 1.29 is 9.53 Å². The van der Waals surface area contributed by atoms with Crippen molar-refractivity contribution in [3.63, 3.8) is 0 Å². The second kappa shape index (κ2) is 10.6. The fourth-order valence-corrected chi connectivity index (χ4v) is 3.22. The van der Waals surface area contributed by atoms with Gasteiger partial charge >= 0.3 is 0 Å². The smallest absolute Gasteiger partial charge is 0.251 e. The van der Waals surface area contributed by atoms with E-state index in [0.717, 1.165) is 31.0 Å². The SMILES string of the molecule is CN(C)C(=NCc1cccc(C(=O)NCC2CCCO2)c1)NCc1ccccc1. The van der Waals surface area contributed by atoms with Crippen LogP contribution in [0, 0.1) is 0 Å². The molecule has 1 saturated heterocycles. The lowest BCUT2D eigenvalue weighted by Gasteiger charge is -2.18. The van der Waals surface area contributed by atoms with Crippen molar-refractivity contribution in [2.24, 2.45) is 4.99 Å². The summed E-state index contributed by atoms with van der Waals surface area (Å²) in [6, 6.07) is 17.9. The van der Waals surface area contributed by atoms with Crippen LogP contribution in [-0.4, -0.2) is 50.1 Å². The van der Waals surface area contributed by atoms with Gasteiger partial charge in [0.05, 0.1) is 12.6 Å². The Morgan fingerprint density at radius 3 is 2.62 bits per heavy atom. The Hall–Kier alpha value is -2.86. The molecule has 29 heavy (non-hydrogen) atoms. The van der Waals surface area contributed by atoms with Crippen LogP contribution < -0.4 is 10.6 Å². The summed E-state index contributed by atoms with van der Waals surface area (Å²) in [6.07, 6.45) is 2.23. The number of rotatable bonds is 7. The summed E-state index contributed by atoms with van der Waals surface area (Å²) in [6.45, 7) is 2.57. The van der Waals surface area contributed by atoms with Crippen LogP contribution in [0.25, 0.3) is 0 Å². The van der Waals surface area contributed by atoms with Gasteiger partial charge in [0, 0.05) is 39.4 Å². The Kier molecular flexibility index (Phi) is 7.64. The van der Waals surface area contributed by atoms with Gasteiger partial charge in [0.25, 0.3) is 5.91 Å². The summed E-state index contributed by atoms with van der Waals surface area (Å²) in [5.74, 6) is 0.739. The standard InChI is InChI=1S/C23H30N4O2/c1-27(2)23(25-15-18-8-4-3-5-9-18)26-16-19-10-6-11-20(14-19)22(28)24-17-21-12-7-13-29-21/h3-6,8-11,14,21H,7,12-13,15-17H2,1-2H3,(H,24,28)(H,25,26). The van der Waals surface area contributed by atoms with E-state index in [1.54, 1.807) is 0 Å². The van der Waals surface area contributed by atoms with Crippen molar-refractivity contribution in [3.05, 3.63) is 71.3 Å². The molecule has 0 spiro atoms. The number of nitrogens with one attached hydrogen (secondary N) is 2. The van der Waals surface area contributed by atoms with Gasteiger partial charge in [0.1, 0.15) is 0 Å². The van der Waals surface area contributed by atoms with Gasteiger partial charge in [-0.2, -0.15) is 0 Å². The Balaban J connectivity index is 1.57. The maximum atomic E-state index is 12.4. The summed E-state index contributed by atoms with van der Waals surface area (Å²) >= 11 is 0. The van der Waals surface area contributed by atoms with Crippen LogP contribution >= 0.6 is 0 Å². The first-order chi connectivity index (χ1) is 14.1. The second-order valence-electron chi connectivity index (χ2n) is 7.42. The summed E-state index contributed by atoms with van der Waals surface area (Å²) < 4.78 is 5.56. The largest absolute Gasteiger partial charge is 0.376 e. The van der Waals surface area contributed by atoms with Crippen molar-refractivity contribution in [3.8, 4) is 0 Å². The highest BCUT2D eigenvalue weighted by Gasteiger charge is 2.16. The van der Waals surface area contributed by atoms with E-state index in [1.165, 1.54) is 5.56 Å². The molecule has 1 unspecified atom stereocenters. The van der Waals surface area contributed by atoms with Crippen LogP contribution in [0.3, 0.4) is 0 Å². The van der Waals surface area contributed by atoms with Gasteiger partial charge in [-0.15, -0.1) is 0 Å². The van der Waals surface area contributed by atoms with Crippen molar-refractivity contribution in [1.29, 1.82) is 0 Å². The molecule has 0 saturated carbocycles. The van der Waals surface area contributed by atoms with Crippen molar-refractivity contribution in [2.75, 3.05) is 27.2 Å². The first-order valence-electron chi connectivity index (χ1n) is 10.1. The Labute approximate surface area is 173 Å². The number of benzene rings is 2. The van der Waals surface area contributed by atoms with E-state index in [0.29, 0.717) is 25.2 Å². The third kappa shape index (κ3) is 6.61. The number of hydrogen-bond acceptors (Lipinski definition) is 3. The topological polar surface area (TPSA) is 66.0 Å². The molecule has 1 aliphatic heterocycles. The normalized spacial score (nSPS) is 16.5. The molecule has 1 atom stereocenters. The number of aliphatic imine (C=N–C) groups is 1. The number of guanidine groups is 1. The molecule has 1 fully saturated rings. The van der Waals surface area contributed by atoms with E-state index in [4.69, 9.17) is 9.73 Å². The average molecular weight is 395 g/mol. The molecule has 2 N–H and O–H groups in total. The maximum Gasteiger partial charge on any atom is 0.251 e. The molecule has 6 heteroatoms. The zero-order chi connectivity index (χ0) is 20.5. The van der Waals surface area contributed by atoms with Crippen molar-refractivity contribution in [2.45, 2.75) is 32.0 Å². The number of carbonyl (C=O) groups is 1. The van der Waals surface area contributed by atoms with Gasteiger partial charge in [-0.25, -0.2) is 4.99 Å². The molecule has 1 amide bonds. The number of amides is 1. The van der Waals surface area contributed by atoms with E-state index in [-0.39, 0.29) is 12.0 Å². The molecule has 6 nitrogen and oxygen atoms in total. The highest BCUT2D eigenvalue weighted by molar-refractivity contribution is 5.94. The number of ether oxygens (including phenoxy) is 1. The highest BCUT2D eigenvalue weighted by Crippen LogP contribution is 2.12. The first-order valence-corrected chi connectivity index (χ1v) is 10.1. The van der Waals surface area contributed by atoms with E-state index in [2.05, 4.69) is 22.8 Å². The minimum absolute atomic E-state index is 0.0682. The number of carbonyl (C=O) groups excluding carboxylic acids is 1. The molecule has 0 bridgehead atoms. The zero-order valence-corrected chi connectivity index (χ0v) is 17.2. The van der Waals surface area contributed by atoms with Gasteiger partial charge in [0.2, 0.25) is 0 Å². The number of hydrogen-bond donors (Lipinski definition) is 2.